The van der Waals surface area contributed by atoms with Crippen LogP contribution in [-0.4, -0.2) is 14.4 Å². The molecule has 0 aliphatic heterocycles. The standard InChI is InChI=1S/C24H14ClN3O2/c1-13-6-8-14(9-7-13)22-27-24-20(21(29)16-12-15(25)10-11-19(16)30-24)23-26-17-4-2-3-5-18(17)28(22)23/h2-12H,1H3. The molecule has 3 aromatic heterocycles. The van der Waals surface area contributed by atoms with E-state index in [1.54, 1.807) is 18.2 Å². The lowest BCUT2D eigenvalue weighted by atomic mass is 10.1. The van der Waals surface area contributed by atoms with Gasteiger partial charge in [0, 0.05) is 10.6 Å². The molecule has 6 rings (SSSR count). The van der Waals surface area contributed by atoms with E-state index in [0.29, 0.717) is 32.8 Å². The third kappa shape index (κ3) is 2.39. The SMILES string of the molecule is Cc1ccc(-c2nc3oc4ccc(Cl)cc4c(=O)c3c3nc4ccccc4n23)cc1. The van der Waals surface area contributed by atoms with Crippen LogP contribution in [0, 0.1) is 6.92 Å². The number of rotatable bonds is 1. The summed E-state index contributed by atoms with van der Waals surface area (Å²) in [5, 5.41) is 1.23. The van der Waals surface area contributed by atoms with Crippen molar-refractivity contribution in [2.45, 2.75) is 6.92 Å². The molecule has 0 saturated carbocycles. The number of imidazole rings is 1. The Kier molecular flexibility index (Phi) is 3.52. The van der Waals surface area contributed by atoms with Crippen molar-refractivity contribution in [3.8, 4) is 11.4 Å². The zero-order valence-electron chi connectivity index (χ0n) is 15.9. The molecule has 144 valence electrons. The fourth-order valence-corrected chi connectivity index (χ4v) is 4.05. The van der Waals surface area contributed by atoms with Crippen molar-refractivity contribution in [2.75, 3.05) is 0 Å². The summed E-state index contributed by atoms with van der Waals surface area (Å²) in [6.07, 6.45) is 0. The van der Waals surface area contributed by atoms with Gasteiger partial charge in [-0.2, -0.15) is 4.98 Å². The third-order valence-electron chi connectivity index (χ3n) is 5.35. The van der Waals surface area contributed by atoms with Gasteiger partial charge in [-0.3, -0.25) is 9.20 Å². The number of hydrogen-bond acceptors (Lipinski definition) is 4. The normalized spacial score (nSPS) is 11.8. The zero-order valence-corrected chi connectivity index (χ0v) is 16.6. The van der Waals surface area contributed by atoms with Gasteiger partial charge in [0.2, 0.25) is 11.1 Å². The van der Waals surface area contributed by atoms with Crippen LogP contribution in [0.2, 0.25) is 5.02 Å². The fraction of sp³-hybridized carbons (Fsp3) is 0.0417. The first-order chi connectivity index (χ1) is 14.6. The fourth-order valence-electron chi connectivity index (χ4n) is 3.88. The highest BCUT2D eigenvalue weighted by atomic mass is 35.5. The van der Waals surface area contributed by atoms with Crippen molar-refractivity contribution in [1.82, 2.24) is 14.4 Å². The lowest BCUT2D eigenvalue weighted by molar-refractivity contribution is 0.644. The molecular formula is C24H14ClN3O2. The number of nitrogens with zero attached hydrogens (tertiary/aromatic N) is 3. The molecule has 3 aromatic carbocycles. The van der Waals surface area contributed by atoms with Gasteiger partial charge in [0.1, 0.15) is 16.8 Å². The smallest absolute Gasteiger partial charge is 0.236 e. The Morgan fingerprint density at radius 3 is 2.60 bits per heavy atom. The van der Waals surface area contributed by atoms with E-state index in [9.17, 15) is 4.79 Å². The van der Waals surface area contributed by atoms with E-state index in [0.717, 1.165) is 22.2 Å². The predicted molar refractivity (Wildman–Crippen MR) is 119 cm³/mol. The second kappa shape index (κ2) is 6.15. The molecule has 0 aliphatic carbocycles. The maximum absolute atomic E-state index is 13.4. The van der Waals surface area contributed by atoms with Crippen LogP contribution in [0.25, 0.3) is 50.1 Å². The minimum atomic E-state index is -0.197. The van der Waals surface area contributed by atoms with Gasteiger partial charge in [0.05, 0.1) is 16.4 Å². The first-order valence-electron chi connectivity index (χ1n) is 9.50. The van der Waals surface area contributed by atoms with Crippen LogP contribution in [0.4, 0.5) is 0 Å². The molecule has 0 bridgehead atoms. The van der Waals surface area contributed by atoms with Gasteiger partial charge in [-0.05, 0) is 37.3 Å². The lowest BCUT2D eigenvalue weighted by Gasteiger charge is -2.09. The molecule has 0 saturated heterocycles. The molecule has 0 atom stereocenters. The molecule has 5 nitrogen and oxygen atoms in total. The maximum atomic E-state index is 13.4. The molecule has 3 heterocycles. The molecule has 0 unspecified atom stereocenters. The number of halogens is 1. The summed E-state index contributed by atoms with van der Waals surface area (Å²) >= 11 is 6.13. The number of aryl methyl sites for hydroxylation is 1. The van der Waals surface area contributed by atoms with Crippen molar-refractivity contribution < 1.29 is 4.42 Å². The summed E-state index contributed by atoms with van der Waals surface area (Å²) in [7, 11) is 0. The van der Waals surface area contributed by atoms with Gasteiger partial charge < -0.3 is 4.42 Å². The van der Waals surface area contributed by atoms with Gasteiger partial charge in [-0.25, -0.2) is 4.98 Å². The van der Waals surface area contributed by atoms with Crippen molar-refractivity contribution in [2.24, 2.45) is 0 Å². The summed E-state index contributed by atoms with van der Waals surface area (Å²) < 4.78 is 7.98. The van der Waals surface area contributed by atoms with E-state index < -0.39 is 0 Å². The zero-order chi connectivity index (χ0) is 20.4. The van der Waals surface area contributed by atoms with Gasteiger partial charge in [-0.1, -0.05) is 53.6 Å². The molecule has 0 radical (unpaired) electrons. The second-order valence-electron chi connectivity index (χ2n) is 7.31. The monoisotopic (exact) mass is 411 g/mol. The van der Waals surface area contributed by atoms with E-state index in [1.807, 2.05) is 59.9 Å². The molecule has 30 heavy (non-hydrogen) atoms. The molecule has 0 spiro atoms. The van der Waals surface area contributed by atoms with Crippen LogP contribution in [0.3, 0.4) is 0 Å². The quantitative estimate of drug-likeness (QED) is 0.322. The Morgan fingerprint density at radius 1 is 0.967 bits per heavy atom. The van der Waals surface area contributed by atoms with Crippen LogP contribution in [0.1, 0.15) is 5.56 Å². The minimum absolute atomic E-state index is 0.197. The number of hydrogen-bond donors (Lipinski definition) is 0. The van der Waals surface area contributed by atoms with Crippen molar-refractivity contribution in [3.63, 3.8) is 0 Å². The molecular weight excluding hydrogens is 398 g/mol. The van der Waals surface area contributed by atoms with Gasteiger partial charge >= 0.3 is 0 Å². The van der Waals surface area contributed by atoms with Crippen LogP contribution in [-0.2, 0) is 0 Å². The molecule has 6 aromatic rings. The Bertz CT molecular complexity index is 1680. The summed E-state index contributed by atoms with van der Waals surface area (Å²) in [4.78, 5) is 23.0. The number of aromatic nitrogens is 3. The second-order valence-corrected chi connectivity index (χ2v) is 7.75. The van der Waals surface area contributed by atoms with E-state index in [4.69, 9.17) is 26.0 Å². The first kappa shape index (κ1) is 17.2. The molecule has 0 aliphatic rings. The average Bonchev–Trinajstić information content (AvgIpc) is 3.14. The highest BCUT2D eigenvalue weighted by Crippen LogP contribution is 2.30. The highest BCUT2D eigenvalue weighted by Gasteiger charge is 2.20. The Balaban J connectivity index is 1.88. The number of para-hydroxylation sites is 2. The van der Waals surface area contributed by atoms with Crippen molar-refractivity contribution >= 4 is 50.4 Å². The van der Waals surface area contributed by atoms with E-state index in [1.165, 1.54) is 0 Å². The highest BCUT2D eigenvalue weighted by molar-refractivity contribution is 6.31. The Labute approximate surface area is 175 Å². The van der Waals surface area contributed by atoms with Crippen LogP contribution in [0.5, 0.6) is 0 Å². The van der Waals surface area contributed by atoms with E-state index >= 15 is 0 Å². The summed E-state index contributed by atoms with van der Waals surface area (Å²) in [5.74, 6) is 0.669. The molecule has 0 fully saturated rings. The Hall–Kier alpha value is -3.70. The summed E-state index contributed by atoms with van der Waals surface area (Å²) in [6.45, 7) is 2.04. The molecule has 0 amide bonds. The number of benzene rings is 3. The van der Waals surface area contributed by atoms with Gasteiger partial charge in [0.25, 0.3) is 0 Å². The van der Waals surface area contributed by atoms with Crippen LogP contribution >= 0.6 is 11.6 Å². The lowest BCUT2D eigenvalue weighted by Crippen LogP contribution is -2.08. The van der Waals surface area contributed by atoms with Crippen LogP contribution < -0.4 is 5.43 Å². The van der Waals surface area contributed by atoms with E-state index in [2.05, 4.69) is 0 Å². The van der Waals surface area contributed by atoms with Crippen molar-refractivity contribution in [3.05, 3.63) is 87.5 Å². The third-order valence-corrected chi connectivity index (χ3v) is 5.58. The van der Waals surface area contributed by atoms with Gasteiger partial charge in [-0.15, -0.1) is 0 Å². The van der Waals surface area contributed by atoms with Gasteiger partial charge in [0.15, 0.2) is 5.65 Å². The topological polar surface area (TPSA) is 60.4 Å². The maximum Gasteiger partial charge on any atom is 0.236 e. The Morgan fingerprint density at radius 2 is 1.77 bits per heavy atom. The van der Waals surface area contributed by atoms with E-state index in [-0.39, 0.29) is 11.1 Å². The predicted octanol–water partition coefficient (Wildman–Crippen LogP) is 5.77. The first-order valence-corrected chi connectivity index (χ1v) is 9.88. The molecule has 0 N–H and O–H groups in total. The largest absolute Gasteiger partial charge is 0.437 e. The summed E-state index contributed by atoms with van der Waals surface area (Å²) in [6, 6.07) is 20.9. The molecule has 6 heteroatoms. The average molecular weight is 412 g/mol. The van der Waals surface area contributed by atoms with Crippen molar-refractivity contribution in [1.29, 1.82) is 0 Å². The number of fused-ring (bicyclic) bond motifs is 6. The summed E-state index contributed by atoms with van der Waals surface area (Å²) in [5.41, 5.74) is 4.75. The minimum Gasteiger partial charge on any atom is -0.437 e. The van der Waals surface area contributed by atoms with Crippen LogP contribution in [0.15, 0.2) is 75.9 Å².